The summed E-state index contributed by atoms with van der Waals surface area (Å²) in [5, 5.41) is 0. The van der Waals surface area contributed by atoms with Gasteiger partial charge in [-0.05, 0) is 24.3 Å². The lowest BCUT2D eigenvalue weighted by molar-refractivity contribution is 0.0894. The lowest BCUT2D eigenvalue weighted by atomic mass is 10.0. The van der Waals surface area contributed by atoms with Crippen LogP contribution in [-0.2, 0) is 0 Å². The summed E-state index contributed by atoms with van der Waals surface area (Å²) in [6.45, 7) is 0. The van der Waals surface area contributed by atoms with Crippen LogP contribution in [0.1, 0.15) is 27.1 Å². The Kier molecular flexibility index (Phi) is 4.66. The molecule has 0 N–H and O–H groups in total. The van der Waals surface area contributed by atoms with Crippen molar-refractivity contribution in [3.8, 4) is 0 Å². The first kappa shape index (κ1) is 14.2. The molecule has 0 saturated carbocycles. The van der Waals surface area contributed by atoms with Crippen molar-refractivity contribution in [2.75, 3.05) is 0 Å². The molecule has 0 saturated heterocycles. The molecule has 2 nitrogen and oxygen atoms in total. The highest BCUT2D eigenvalue weighted by Gasteiger charge is 2.14. The van der Waals surface area contributed by atoms with Crippen LogP contribution in [0.2, 0.25) is 0 Å². The van der Waals surface area contributed by atoms with E-state index in [9.17, 15) is 9.59 Å². The third kappa shape index (κ3) is 3.85. The van der Waals surface area contributed by atoms with Gasteiger partial charge in [0, 0.05) is 20.1 Å². The number of hydrogen-bond donors (Lipinski definition) is 0. The Hall–Kier alpha value is -1.26. The summed E-state index contributed by atoms with van der Waals surface area (Å²) >= 11 is 6.62. The van der Waals surface area contributed by atoms with Crippen LogP contribution in [0.25, 0.3) is 0 Å². The average Bonchev–Trinajstić information content (AvgIpc) is 2.38. The number of carbonyl (C=O) groups excluding carboxylic acids is 2. The standard InChI is InChI=1S/C15H10Br2O2/c16-12-5-1-3-10(7-12)14(18)9-15(19)11-4-2-6-13(17)8-11/h1-8H,9H2. The second-order valence-electron chi connectivity index (χ2n) is 4.04. The van der Waals surface area contributed by atoms with Crippen molar-refractivity contribution >= 4 is 43.4 Å². The number of ketones is 2. The molecule has 0 aliphatic heterocycles. The second-order valence-corrected chi connectivity index (χ2v) is 5.88. The van der Waals surface area contributed by atoms with Crippen LogP contribution in [0.5, 0.6) is 0 Å². The van der Waals surface area contributed by atoms with Gasteiger partial charge in [0.15, 0.2) is 11.6 Å². The highest BCUT2D eigenvalue weighted by Crippen LogP contribution is 2.16. The molecular formula is C15H10Br2O2. The Balaban J connectivity index is 2.13. The third-order valence-corrected chi connectivity index (χ3v) is 3.60. The fraction of sp³-hybridized carbons (Fsp3) is 0.0667. The molecule has 2 aromatic rings. The van der Waals surface area contributed by atoms with Gasteiger partial charge in [0.2, 0.25) is 0 Å². The predicted molar refractivity (Wildman–Crippen MR) is 81.6 cm³/mol. The fourth-order valence-corrected chi connectivity index (χ4v) is 2.47. The van der Waals surface area contributed by atoms with Crippen molar-refractivity contribution in [1.29, 1.82) is 0 Å². The number of carbonyl (C=O) groups is 2. The molecule has 0 unspecified atom stereocenters. The summed E-state index contributed by atoms with van der Waals surface area (Å²) in [6.07, 6.45) is -0.118. The van der Waals surface area contributed by atoms with Gasteiger partial charge in [-0.15, -0.1) is 0 Å². The molecule has 2 aromatic carbocycles. The number of halogens is 2. The van der Waals surface area contributed by atoms with Crippen LogP contribution in [0.4, 0.5) is 0 Å². The van der Waals surface area contributed by atoms with E-state index in [1.54, 1.807) is 36.4 Å². The van der Waals surface area contributed by atoms with E-state index in [0.29, 0.717) is 11.1 Å². The van der Waals surface area contributed by atoms with Crippen LogP contribution < -0.4 is 0 Å². The smallest absolute Gasteiger partial charge is 0.170 e. The van der Waals surface area contributed by atoms with E-state index in [-0.39, 0.29) is 18.0 Å². The summed E-state index contributed by atoms with van der Waals surface area (Å²) in [7, 11) is 0. The number of rotatable bonds is 4. The Morgan fingerprint density at radius 1 is 0.789 bits per heavy atom. The van der Waals surface area contributed by atoms with E-state index in [4.69, 9.17) is 0 Å². The van der Waals surface area contributed by atoms with Crippen LogP contribution >= 0.6 is 31.9 Å². The maximum atomic E-state index is 12.0. The Labute approximate surface area is 128 Å². The van der Waals surface area contributed by atoms with Crippen molar-refractivity contribution in [1.82, 2.24) is 0 Å². The van der Waals surface area contributed by atoms with E-state index in [1.165, 1.54) is 0 Å². The molecule has 0 aliphatic carbocycles. The third-order valence-electron chi connectivity index (χ3n) is 2.61. The summed E-state index contributed by atoms with van der Waals surface area (Å²) in [5.41, 5.74) is 1.08. The SMILES string of the molecule is O=C(CC(=O)c1cccc(Br)c1)c1cccc(Br)c1. The van der Waals surface area contributed by atoms with Gasteiger partial charge in [0.05, 0.1) is 6.42 Å². The maximum Gasteiger partial charge on any atom is 0.170 e. The van der Waals surface area contributed by atoms with Gasteiger partial charge >= 0.3 is 0 Å². The number of Topliss-reactive ketones (excluding diaryl/α,β-unsaturated/α-hetero) is 2. The Morgan fingerprint density at radius 2 is 1.21 bits per heavy atom. The first-order valence-electron chi connectivity index (χ1n) is 5.64. The Morgan fingerprint density at radius 3 is 1.58 bits per heavy atom. The molecule has 2 rings (SSSR count). The van der Waals surface area contributed by atoms with Gasteiger partial charge in [-0.1, -0.05) is 56.1 Å². The molecular weight excluding hydrogens is 372 g/mol. The quantitative estimate of drug-likeness (QED) is 0.569. The molecule has 0 fully saturated rings. The minimum Gasteiger partial charge on any atom is -0.294 e. The molecule has 96 valence electrons. The zero-order valence-corrected chi connectivity index (χ0v) is 13.1. The predicted octanol–water partition coefficient (Wildman–Crippen LogP) is 4.67. The highest BCUT2D eigenvalue weighted by molar-refractivity contribution is 9.10. The van der Waals surface area contributed by atoms with E-state index in [0.717, 1.165) is 8.95 Å². The van der Waals surface area contributed by atoms with Crippen LogP contribution in [0.15, 0.2) is 57.5 Å². The van der Waals surface area contributed by atoms with Gasteiger partial charge < -0.3 is 0 Å². The first-order chi connectivity index (χ1) is 9.06. The minimum absolute atomic E-state index is 0.118. The molecule has 0 amide bonds. The number of benzene rings is 2. The highest BCUT2D eigenvalue weighted by atomic mass is 79.9. The topological polar surface area (TPSA) is 34.1 Å². The molecule has 0 atom stereocenters. The van der Waals surface area contributed by atoms with E-state index < -0.39 is 0 Å². The van der Waals surface area contributed by atoms with Crippen LogP contribution in [0.3, 0.4) is 0 Å². The van der Waals surface area contributed by atoms with E-state index in [2.05, 4.69) is 31.9 Å². The van der Waals surface area contributed by atoms with Gasteiger partial charge in [0.25, 0.3) is 0 Å². The van der Waals surface area contributed by atoms with Gasteiger partial charge in [0.1, 0.15) is 0 Å². The zero-order valence-electron chi connectivity index (χ0n) is 9.90. The van der Waals surface area contributed by atoms with Crippen LogP contribution in [0, 0.1) is 0 Å². The van der Waals surface area contributed by atoms with E-state index >= 15 is 0 Å². The average molecular weight is 382 g/mol. The van der Waals surface area contributed by atoms with Crippen molar-refractivity contribution in [3.63, 3.8) is 0 Å². The summed E-state index contributed by atoms with van der Waals surface area (Å²) in [6, 6.07) is 14.1. The largest absolute Gasteiger partial charge is 0.294 e. The summed E-state index contributed by atoms with van der Waals surface area (Å²) < 4.78 is 1.65. The lowest BCUT2D eigenvalue weighted by Crippen LogP contribution is -2.08. The van der Waals surface area contributed by atoms with Gasteiger partial charge in [-0.25, -0.2) is 0 Å². The first-order valence-corrected chi connectivity index (χ1v) is 7.22. The summed E-state index contributed by atoms with van der Waals surface area (Å²) in [5.74, 6) is -0.349. The van der Waals surface area contributed by atoms with Gasteiger partial charge in [-0.2, -0.15) is 0 Å². The maximum absolute atomic E-state index is 12.0. The molecule has 0 bridgehead atoms. The normalized spacial score (nSPS) is 10.2. The molecule has 4 heteroatoms. The minimum atomic E-state index is -0.175. The van der Waals surface area contributed by atoms with Crippen molar-refractivity contribution in [2.45, 2.75) is 6.42 Å². The van der Waals surface area contributed by atoms with Crippen LogP contribution in [-0.4, -0.2) is 11.6 Å². The monoisotopic (exact) mass is 380 g/mol. The molecule has 19 heavy (non-hydrogen) atoms. The van der Waals surface area contributed by atoms with Gasteiger partial charge in [-0.3, -0.25) is 9.59 Å². The lowest BCUT2D eigenvalue weighted by Gasteiger charge is -2.02. The zero-order chi connectivity index (χ0) is 13.8. The summed E-state index contributed by atoms with van der Waals surface area (Å²) in [4.78, 5) is 24.0. The Bertz CT molecular complexity index is 580. The fourth-order valence-electron chi connectivity index (χ4n) is 1.67. The number of hydrogen-bond acceptors (Lipinski definition) is 2. The molecule has 0 radical (unpaired) electrons. The van der Waals surface area contributed by atoms with Crippen molar-refractivity contribution < 1.29 is 9.59 Å². The van der Waals surface area contributed by atoms with Crippen molar-refractivity contribution in [3.05, 3.63) is 68.6 Å². The molecule has 0 spiro atoms. The molecule has 0 aromatic heterocycles. The second kappa shape index (κ2) is 6.26. The molecule has 0 heterocycles. The molecule has 0 aliphatic rings. The van der Waals surface area contributed by atoms with Crippen molar-refractivity contribution in [2.24, 2.45) is 0 Å². The van der Waals surface area contributed by atoms with E-state index in [1.807, 2.05) is 12.1 Å².